The van der Waals surface area contributed by atoms with Gasteiger partial charge in [-0.1, -0.05) is 57.5 Å². The van der Waals surface area contributed by atoms with Crippen LogP contribution in [0, 0.1) is 10.8 Å². The Hall–Kier alpha value is 0.370. The maximum atomic E-state index is 12.7. The third-order valence-electron chi connectivity index (χ3n) is 2.71. The molecule has 1 heterocycles. The van der Waals surface area contributed by atoms with E-state index in [9.17, 15) is 4.57 Å². The van der Waals surface area contributed by atoms with Gasteiger partial charge in [0, 0.05) is 11.6 Å². The first-order valence-electron chi connectivity index (χ1n) is 5.68. The van der Waals surface area contributed by atoms with Crippen LogP contribution in [0.3, 0.4) is 0 Å². The number of rotatable bonds is 1. The van der Waals surface area contributed by atoms with Gasteiger partial charge < -0.3 is 4.52 Å². The van der Waals surface area contributed by atoms with Crippen LogP contribution in [0.2, 0.25) is 0 Å². The minimum Gasteiger partial charge on any atom is -0.309 e. The number of hydrogen-bond donors (Lipinski definition) is 0. The lowest BCUT2D eigenvalue weighted by Crippen LogP contribution is -2.26. The predicted octanol–water partition coefficient (Wildman–Crippen LogP) is 4.92. The molecule has 0 unspecified atom stereocenters. The van der Waals surface area contributed by atoms with E-state index in [0.717, 1.165) is 9.80 Å². The van der Waals surface area contributed by atoms with E-state index in [1.54, 1.807) is 0 Å². The molecule has 3 nitrogen and oxygen atoms in total. The van der Waals surface area contributed by atoms with Crippen LogP contribution < -0.4 is 0 Å². The van der Waals surface area contributed by atoms with Crippen LogP contribution in [0.25, 0.3) is 0 Å². The van der Waals surface area contributed by atoms with Gasteiger partial charge in [-0.3, -0.25) is 9.09 Å². The highest BCUT2D eigenvalue weighted by molar-refractivity contribution is 9.11. The molecule has 0 fully saturated rings. The van der Waals surface area contributed by atoms with Gasteiger partial charge in [0.05, 0.1) is 5.31 Å². The molecule has 0 radical (unpaired) electrons. The van der Waals surface area contributed by atoms with Crippen LogP contribution >= 0.6 is 23.5 Å². The molecule has 0 bridgehead atoms. The summed E-state index contributed by atoms with van der Waals surface area (Å²) in [5, 5.41) is 0.757. The van der Waals surface area contributed by atoms with Crippen LogP contribution in [0.5, 0.6) is 0 Å². The monoisotopic (exact) mass is 324 g/mol. The number of hydrogen-bond acceptors (Lipinski definition) is 3. The van der Waals surface area contributed by atoms with Crippen molar-refractivity contribution in [1.29, 1.82) is 0 Å². The molecule has 0 spiro atoms. The molecular formula is C12H22BrO3P. The van der Waals surface area contributed by atoms with Crippen molar-refractivity contribution in [3.63, 3.8) is 0 Å². The lowest BCUT2D eigenvalue weighted by molar-refractivity contribution is 0.116. The van der Waals surface area contributed by atoms with E-state index < -0.39 is 7.60 Å². The minimum atomic E-state index is -3.16. The number of halogens is 1. The van der Waals surface area contributed by atoms with Gasteiger partial charge in [0.2, 0.25) is 0 Å². The average molecular weight is 325 g/mol. The van der Waals surface area contributed by atoms with Crippen molar-refractivity contribution in [3.8, 4) is 0 Å². The fraction of sp³-hybridized carbons (Fsp3) is 0.833. The molecule has 5 heteroatoms. The zero-order valence-corrected chi connectivity index (χ0v) is 14.1. The maximum absolute atomic E-state index is 12.7. The lowest BCUT2D eigenvalue weighted by Gasteiger charge is -2.27. The summed E-state index contributed by atoms with van der Waals surface area (Å²) in [5.74, 6) is 0. The summed E-state index contributed by atoms with van der Waals surface area (Å²) < 4.78 is 24.5. The van der Waals surface area contributed by atoms with Gasteiger partial charge in [-0.05, 0) is 10.8 Å². The second-order valence-electron chi connectivity index (χ2n) is 6.48. The molecule has 1 aliphatic heterocycles. The minimum absolute atomic E-state index is 0.125. The molecule has 0 aliphatic carbocycles. The Bertz CT molecular complexity index is 388. The Morgan fingerprint density at radius 3 is 1.94 bits per heavy atom. The molecule has 0 aromatic heterocycles. The normalized spacial score (nSPS) is 31.2. The molecule has 100 valence electrons. The fourth-order valence-electron chi connectivity index (χ4n) is 1.93. The Morgan fingerprint density at radius 1 is 1.24 bits per heavy atom. The van der Waals surface area contributed by atoms with Crippen molar-refractivity contribution in [2.45, 2.75) is 47.6 Å². The van der Waals surface area contributed by atoms with E-state index in [0.29, 0.717) is 0 Å². The molecule has 1 rings (SSSR count). The van der Waals surface area contributed by atoms with E-state index >= 15 is 0 Å². The summed E-state index contributed by atoms with van der Waals surface area (Å²) in [4.78, 5) is 0. The fourth-order valence-corrected chi connectivity index (χ4v) is 6.38. The Morgan fingerprint density at radius 2 is 1.71 bits per heavy atom. The zero-order valence-electron chi connectivity index (χ0n) is 11.6. The van der Waals surface area contributed by atoms with Crippen LogP contribution in [0.4, 0.5) is 0 Å². The summed E-state index contributed by atoms with van der Waals surface area (Å²) in [7, 11) is -1.72. The summed E-state index contributed by atoms with van der Waals surface area (Å²) in [6.07, 6.45) is -0.220. The van der Waals surface area contributed by atoms with Gasteiger partial charge in [0.1, 0.15) is 6.10 Å². The standard InChI is InChI=1S/C12H22BrO3P/c1-11(2,3)9-8(13)10(12(4,5)6)17(14,15-7)16-9/h9H,1-7H3/t9-,17+/m0/s1. The first-order chi connectivity index (χ1) is 7.43. The molecule has 1 aliphatic rings. The van der Waals surface area contributed by atoms with Gasteiger partial charge >= 0.3 is 7.60 Å². The largest absolute Gasteiger partial charge is 0.359 e. The van der Waals surface area contributed by atoms with Crippen molar-refractivity contribution in [3.05, 3.63) is 9.80 Å². The van der Waals surface area contributed by atoms with Crippen LogP contribution in [-0.2, 0) is 13.6 Å². The first kappa shape index (κ1) is 15.4. The Labute approximate surface area is 113 Å². The molecule has 0 amide bonds. The van der Waals surface area contributed by atoms with E-state index in [-0.39, 0.29) is 16.9 Å². The van der Waals surface area contributed by atoms with E-state index in [1.165, 1.54) is 7.11 Å². The van der Waals surface area contributed by atoms with Gasteiger partial charge in [-0.2, -0.15) is 0 Å². The van der Waals surface area contributed by atoms with Crippen LogP contribution in [0.1, 0.15) is 41.5 Å². The molecule has 17 heavy (non-hydrogen) atoms. The second-order valence-corrected chi connectivity index (χ2v) is 9.35. The highest BCUT2D eigenvalue weighted by Gasteiger charge is 2.51. The Balaban J connectivity index is 3.36. The van der Waals surface area contributed by atoms with Gasteiger partial charge in [-0.15, -0.1) is 0 Å². The Kier molecular flexibility index (Phi) is 4.07. The molecule has 2 atom stereocenters. The van der Waals surface area contributed by atoms with E-state index in [4.69, 9.17) is 9.05 Å². The van der Waals surface area contributed by atoms with Crippen molar-refractivity contribution >= 4 is 23.5 Å². The van der Waals surface area contributed by atoms with Crippen molar-refractivity contribution in [2.75, 3.05) is 7.11 Å². The molecule has 0 aromatic rings. The topological polar surface area (TPSA) is 35.5 Å². The highest BCUT2D eigenvalue weighted by atomic mass is 79.9. The van der Waals surface area contributed by atoms with Gasteiger partial charge in [-0.25, -0.2) is 0 Å². The van der Waals surface area contributed by atoms with Crippen molar-refractivity contribution in [1.82, 2.24) is 0 Å². The SMILES string of the molecule is CO[P@@]1(=O)O[C@H](C(C)(C)C)C(Br)=C1C(C)(C)C. The van der Waals surface area contributed by atoms with E-state index in [1.807, 2.05) is 20.8 Å². The molecule has 0 saturated heterocycles. The van der Waals surface area contributed by atoms with Crippen LogP contribution in [-0.4, -0.2) is 13.2 Å². The number of allylic oxidation sites excluding steroid dienone is 1. The van der Waals surface area contributed by atoms with Crippen molar-refractivity contribution in [2.24, 2.45) is 10.8 Å². The first-order valence-corrected chi connectivity index (χ1v) is 8.02. The molecule has 0 saturated carbocycles. The van der Waals surface area contributed by atoms with Crippen molar-refractivity contribution < 1.29 is 13.6 Å². The predicted molar refractivity (Wildman–Crippen MR) is 74.4 cm³/mol. The highest BCUT2D eigenvalue weighted by Crippen LogP contribution is 2.70. The molecule has 0 N–H and O–H groups in total. The average Bonchev–Trinajstić information content (AvgIpc) is 2.37. The summed E-state index contributed by atoms with van der Waals surface area (Å²) in [5.41, 5.74) is -0.371. The lowest BCUT2D eigenvalue weighted by atomic mass is 9.86. The van der Waals surface area contributed by atoms with Crippen LogP contribution in [0.15, 0.2) is 9.80 Å². The second kappa shape index (κ2) is 4.48. The maximum Gasteiger partial charge on any atom is 0.359 e. The third kappa shape index (κ3) is 2.86. The van der Waals surface area contributed by atoms with Gasteiger partial charge in [0.15, 0.2) is 0 Å². The smallest absolute Gasteiger partial charge is 0.309 e. The zero-order chi connectivity index (χ0) is 13.6. The summed E-state index contributed by atoms with van der Waals surface area (Å²) in [6.45, 7) is 12.2. The summed E-state index contributed by atoms with van der Waals surface area (Å²) in [6, 6.07) is 0. The summed E-state index contributed by atoms with van der Waals surface area (Å²) >= 11 is 3.56. The quantitative estimate of drug-likeness (QED) is 0.642. The van der Waals surface area contributed by atoms with E-state index in [2.05, 4.69) is 36.7 Å². The third-order valence-corrected chi connectivity index (χ3v) is 6.26. The van der Waals surface area contributed by atoms with Gasteiger partial charge in [0.25, 0.3) is 0 Å². The molecule has 0 aromatic carbocycles. The molecular weight excluding hydrogens is 303 g/mol.